The summed E-state index contributed by atoms with van der Waals surface area (Å²) in [5, 5.41) is 16.8. The highest BCUT2D eigenvalue weighted by atomic mass is 35.5. The predicted molar refractivity (Wildman–Crippen MR) is 75.0 cm³/mol. The molecule has 0 bridgehead atoms. The third-order valence-corrected chi connectivity index (χ3v) is 3.06. The van der Waals surface area contributed by atoms with Crippen LogP contribution in [-0.4, -0.2) is 19.6 Å². The first kappa shape index (κ1) is 12.4. The monoisotopic (exact) mass is 284 g/mol. The van der Waals surface area contributed by atoms with E-state index >= 15 is 0 Å². The van der Waals surface area contributed by atoms with Crippen LogP contribution in [0.5, 0.6) is 0 Å². The number of aromatic nitrogens is 4. The Morgan fingerprint density at radius 3 is 3.05 bits per heavy atom. The summed E-state index contributed by atoms with van der Waals surface area (Å²) >= 11 is 5.95. The third-order valence-electron chi connectivity index (χ3n) is 2.87. The van der Waals surface area contributed by atoms with E-state index in [1.807, 2.05) is 25.1 Å². The van der Waals surface area contributed by atoms with E-state index < -0.39 is 0 Å². The van der Waals surface area contributed by atoms with E-state index in [2.05, 4.69) is 26.5 Å². The van der Waals surface area contributed by atoms with E-state index in [4.69, 9.17) is 11.6 Å². The number of rotatable bonds is 2. The molecule has 0 saturated heterocycles. The van der Waals surface area contributed by atoms with Crippen LogP contribution >= 0.6 is 11.6 Å². The van der Waals surface area contributed by atoms with Crippen LogP contribution in [0.15, 0.2) is 30.6 Å². The Labute approximate surface area is 119 Å². The van der Waals surface area contributed by atoms with Crippen LogP contribution in [0.1, 0.15) is 11.1 Å². The molecular weight excluding hydrogens is 276 g/mol. The summed E-state index contributed by atoms with van der Waals surface area (Å²) in [6, 6.07) is 9.40. The maximum Gasteiger partial charge on any atom is 0.255 e. The Morgan fingerprint density at radius 2 is 2.25 bits per heavy atom. The molecule has 7 heteroatoms. The SMILES string of the molecule is Cc1cccc(Nc2cc(Cl)nc3ncnn23)c1C#N. The molecule has 0 aliphatic rings. The molecule has 98 valence electrons. The van der Waals surface area contributed by atoms with Crippen LogP contribution in [0, 0.1) is 18.3 Å². The molecule has 0 spiro atoms. The van der Waals surface area contributed by atoms with Gasteiger partial charge in [0.1, 0.15) is 23.4 Å². The molecule has 0 aliphatic carbocycles. The number of hydrogen-bond donors (Lipinski definition) is 1. The van der Waals surface area contributed by atoms with Gasteiger partial charge in [-0.1, -0.05) is 23.7 Å². The molecule has 2 aromatic heterocycles. The molecule has 0 saturated carbocycles. The molecule has 1 N–H and O–H groups in total. The fourth-order valence-corrected chi connectivity index (χ4v) is 2.11. The minimum atomic E-state index is 0.305. The summed E-state index contributed by atoms with van der Waals surface area (Å²) in [7, 11) is 0. The minimum Gasteiger partial charge on any atom is -0.339 e. The number of nitrogens with zero attached hydrogens (tertiary/aromatic N) is 5. The number of hydrogen-bond acceptors (Lipinski definition) is 5. The largest absolute Gasteiger partial charge is 0.339 e. The molecule has 0 radical (unpaired) electrons. The molecule has 0 fully saturated rings. The Morgan fingerprint density at radius 1 is 1.40 bits per heavy atom. The molecule has 0 aliphatic heterocycles. The second-order valence-electron chi connectivity index (χ2n) is 4.17. The van der Waals surface area contributed by atoms with Gasteiger partial charge in [0, 0.05) is 6.07 Å². The molecule has 0 amide bonds. The summed E-state index contributed by atoms with van der Waals surface area (Å²) in [6.07, 6.45) is 1.39. The zero-order chi connectivity index (χ0) is 14.1. The maximum atomic E-state index is 9.24. The second kappa shape index (κ2) is 4.79. The maximum absolute atomic E-state index is 9.24. The van der Waals surface area contributed by atoms with E-state index in [0.29, 0.717) is 28.0 Å². The van der Waals surface area contributed by atoms with Crippen LogP contribution in [0.2, 0.25) is 5.15 Å². The molecule has 20 heavy (non-hydrogen) atoms. The molecule has 0 unspecified atom stereocenters. The highest BCUT2D eigenvalue weighted by Crippen LogP contribution is 2.24. The van der Waals surface area contributed by atoms with Crippen LogP contribution < -0.4 is 5.32 Å². The number of fused-ring (bicyclic) bond motifs is 1. The fourth-order valence-electron chi connectivity index (χ4n) is 1.93. The van der Waals surface area contributed by atoms with Crippen molar-refractivity contribution < 1.29 is 0 Å². The van der Waals surface area contributed by atoms with Crippen molar-refractivity contribution >= 4 is 28.9 Å². The van der Waals surface area contributed by atoms with Gasteiger partial charge < -0.3 is 5.32 Å². The molecule has 2 heterocycles. The van der Waals surface area contributed by atoms with Crippen molar-refractivity contribution in [2.75, 3.05) is 5.32 Å². The first-order valence-electron chi connectivity index (χ1n) is 5.82. The van der Waals surface area contributed by atoms with E-state index in [1.165, 1.54) is 10.8 Å². The number of halogens is 1. The quantitative estimate of drug-likeness (QED) is 0.732. The number of nitrogens with one attached hydrogen (secondary N) is 1. The van der Waals surface area contributed by atoms with Crippen LogP contribution in [-0.2, 0) is 0 Å². The molecular formula is C13H9ClN6. The van der Waals surface area contributed by atoms with Gasteiger partial charge in [0.25, 0.3) is 5.78 Å². The Hall–Kier alpha value is -2.65. The highest BCUT2D eigenvalue weighted by molar-refractivity contribution is 6.29. The van der Waals surface area contributed by atoms with Crippen molar-refractivity contribution in [2.24, 2.45) is 0 Å². The van der Waals surface area contributed by atoms with Crippen molar-refractivity contribution in [3.05, 3.63) is 46.9 Å². The topological polar surface area (TPSA) is 78.9 Å². The van der Waals surface area contributed by atoms with Gasteiger partial charge in [-0.25, -0.2) is 0 Å². The van der Waals surface area contributed by atoms with Crippen molar-refractivity contribution in [3.8, 4) is 6.07 Å². The lowest BCUT2D eigenvalue weighted by molar-refractivity contribution is 0.947. The molecule has 1 aromatic carbocycles. The zero-order valence-corrected chi connectivity index (χ0v) is 11.3. The average molecular weight is 285 g/mol. The standard InChI is InChI=1S/C13H9ClN6/c1-8-3-2-4-10(9(8)6-15)18-12-5-11(14)19-13-16-7-17-20(12)13/h2-5,7,18H,1H3. The summed E-state index contributed by atoms with van der Waals surface area (Å²) < 4.78 is 1.52. The van der Waals surface area contributed by atoms with Gasteiger partial charge >= 0.3 is 0 Å². The van der Waals surface area contributed by atoms with Gasteiger partial charge in [-0.3, -0.25) is 0 Å². The van der Waals surface area contributed by atoms with Crippen molar-refractivity contribution in [1.82, 2.24) is 19.6 Å². The number of aryl methyl sites for hydroxylation is 1. The van der Waals surface area contributed by atoms with E-state index in [1.54, 1.807) is 6.07 Å². The van der Waals surface area contributed by atoms with Crippen LogP contribution in [0.3, 0.4) is 0 Å². The van der Waals surface area contributed by atoms with Gasteiger partial charge in [-0.15, -0.1) is 0 Å². The van der Waals surface area contributed by atoms with Crippen molar-refractivity contribution in [1.29, 1.82) is 5.26 Å². The summed E-state index contributed by atoms with van der Waals surface area (Å²) in [4.78, 5) is 8.04. The molecule has 6 nitrogen and oxygen atoms in total. The Balaban J connectivity index is 2.13. The number of benzene rings is 1. The second-order valence-corrected chi connectivity index (χ2v) is 4.56. The minimum absolute atomic E-state index is 0.305. The van der Waals surface area contributed by atoms with E-state index in [-0.39, 0.29) is 0 Å². The smallest absolute Gasteiger partial charge is 0.255 e. The summed E-state index contributed by atoms with van der Waals surface area (Å²) in [5.74, 6) is 0.991. The lowest BCUT2D eigenvalue weighted by atomic mass is 10.1. The molecule has 3 rings (SSSR count). The summed E-state index contributed by atoms with van der Waals surface area (Å²) in [6.45, 7) is 1.88. The van der Waals surface area contributed by atoms with Gasteiger partial charge in [0.15, 0.2) is 0 Å². The van der Waals surface area contributed by atoms with Gasteiger partial charge in [0.05, 0.1) is 11.3 Å². The lowest BCUT2D eigenvalue weighted by Crippen LogP contribution is -2.03. The number of nitriles is 1. The van der Waals surface area contributed by atoms with Gasteiger partial charge in [-0.2, -0.15) is 24.8 Å². The molecule has 0 atom stereocenters. The van der Waals surface area contributed by atoms with E-state index in [0.717, 1.165) is 5.56 Å². The highest BCUT2D eigenvalue weighted by Gasteiger charge is 2.10. The Bertz CT molecular complexity index is 832. The fraction of sp³-hybridized carbons (Fsp3) is 0.0769. The van der Waals surface area contributed by atoms with Crippen LogP contribution in [0.4, 0.5) is 11.5 Å². The van der Waals surface area contributed by atoms with Crippen LogP contribution in [0.25, 0.3) is 5.78 Å². The van der Waals surface area contributed by atoms with E-state index in [9.17, 15) is 5.26 Å². The first-order valence-corrected chi connectivity index (χ1v) is 6.20. The normalized spacial score (nSPS) is 10.4. The van der Waals surface area contributed by atoms with Crippen molar-refractivity contribution in [3.63, 3.8) is 0 Å². The lowest BCUT2D eigenvalue weighted by Gasteiger charge is -2.10. The zero-order valence-electron chi connectivity index (χ0n) is 10.5. The van der Waals surface area contributed by atoms with Gasteiger partial charge in [-0.05, 0) is 18.6 Å². The molecule has 3 aromatic rings. The predicted octanol–water partition coefficient (Wildman–Crippen LogP) is 2.70. The average Bonchev–Trinajstić information content (AvgIpc) is 2.87. The summed E-state index contributed by atoms with van der Waals surface area (Å²) in [5.41, 5.74) is 2.16. The number of anilines is 2. The first-order chi connectivity index (χ1) is 9.69. The Kier molecular flexibility index (Phi) is 2.97. The van der Waals surface area contributed by atoms with Crippen molar-refractivity contribution in [2.45, 2.75) is 6.92 Å². The third kappa shape index (κ3) is 2.04. The van der Waals surface area contributed by atoms with Gasteiger partial charge in [0.2, 0.25) is 0 Å².